The summed E-state index contributed by atoms with van der Waals surface area (Å²) in [5, 5.41) is 17.6. The first kappa shape index (κ1) is 22.3. The number of imidazole rings is 1. The zero-order chi connectivity index (χ0) is 25.3. The second kappa shape index (κ2) is 8.29. The Balaban J connectivity index is 1.25. The van der Waals surface area contributed by atoms with Crippen LogP contribution in [-0.4, -0.2) is 44.9 Å². The zero-order valence-corrected chi connectivity index (χ0v) is 20.6. The molecule has 0 amide bonds. The number of anilines is 2. The highest BCUT2D eigenvalue weighted by Gasteiger charge is 2.32. The summed E-state index contributed by atoms with van der Waals surface area (Å²) in [7, 11) is 1.81. The fraction of sp³-hybridized carbons (Fsp3) is 0.320. The van der Waals surface area contributed by atoms with Gasteiger partial charge in [-0.25, -0.2) is 9.50 Å². The van der Waals surface area contributed by atoms with Crippen molar-refractivity contribution in [2.24, 2.45) is 7.05 Å². The summed E-state index contributed by atoms with van der Waals surface area (Å²) in [5.74, 6) is 1.75. The van der Waals surface area contributed by atoms with E-state index >= 15 is 0 Å². The topological polar surface area (TPSA) is 124 Å². The van der Waals surface area contributed by atoms with Crippen LogP contribution in [0.2, 0.25) is 5.02 Å². The summed E-state index contributed by atoms with van der Waals surface area (Å²) in [5.41, 5.74) is 3.10. The highest BCUT2D eigenvalue weighted by atomic mass is 35.5. The van der Waals surface area contributed by atoms with Crippen LogP contribution in [0.5, 0.6) is 11.5 Å². The van der Waals surface area contributed by atoms with E-state index in [1.165, 1.54) is 6.20 Å². The van der Waals surface area contributed by atoms with E-state index in [0.29, 0.717) is 63.6 Å². The van der Waals surface area contributed by atoms with Crippen molar-refractivity contribution in [1.29, 1.82) is 0 Å². The van der Waals surface area contributed by atoms with Gasteiger partial charge in [-0.2, -0.15) is 10.1 Å². The van der Waals surface area contributed by atoms with Crippen molar-refractivity contribution >= 4 is 39.9 Å². The molecule has 0 radical (unpaired) electrons. The molecule has 0 atom stereocenters. The molecule has 0 saturated heterocycles. The monoisotopic (exact) mass is 518 g/mol. The Bertz CT molecular complexity index is 1730. The van der Waals surface area contributed by atoms with Gasteiger partial charge in [0.25, 0.3) is 5.56 Å². The molecule has 12 heteroatoms. The number of aliphatic hydroxyl groups is 1. The number of rotatable bonds is 6. The average molecular weight is 519 g/mol. The summed E-state index contributed by atoms with van der Waals surface area (Å²) in [4.78, 5) is 26.5. The van der Waals surface area contributed by atoms with E-state index in [4.69, 9.17) is 16.3 Å². The van der Waals surface area contributed by atoms with Gasteiger partial charge >= 0.3 is 0 Å². The van der Waals surface area contributed by atoms with Crippen molar-refractivity contribution in [3.63, 3.8) is 0 Å². The number of aliphatic hydroxyl groups excluding tert-OH is 1. The summed E-state index contributed by atoms with van der Waals surface area (Å²) in [6.45, 7) is 0. The van der Waals surface area contributed by atoms with E-state index in [1.54, 1.807) is 45.5 Å². The molecule has 188 valence electrons. The Morgan fingerprint density at radius 2 is 2.03 bits per heavy atom. The van der Waals surface area contributed by atoms with Crippen LogP contribution in [0.25, 0.3) is 16.7 Å². The molecule has 2 saturated carbocycles. The molecule has 5 aromatic heterocycles. The van der Waals surface area contributed by atoms with Crippen molar-refractivity contribution in [3.8, 4) is 11.5 Å². The van der Waals surface area contributed by atoms with Gasteiger partial charge in [0.05, 0.1) is 24.7 Å². The Kier molecular flexibility index (Phi) is 4.98. The lowest BCUT2D eigenvalue weighted by atomic mass is 9.89. The van der Waals surface area contributed by atoms with Gasteiger partial charge in [0.2, 0.25) is 5.95 Å². The minimum absolute atomic E-state index is 0.00753. The minimum atomic E-state index is -0.348. The first-order valence-corrected chi connectivity index (χ1v) is 12.5. The lowest BCUT2D eigenvalue weighted by Gasteiger charge is -2.33. The second-order valence-electron chi connectivity index (χ2n) is 9.70. The molecule has 0 aliphatic heterocycles. The Labute approximate surface area is 215 Å². The largest absolute Gasteiger partial charge is 0.450 e. The van der Waals surface area contributed by atoms with Gasteiger partial charge in [-0.3, -0.25) is 9.78 Å². The number of nitrogens with one attached hydrogen (secondary N) is 1. The first-order chi connectivity index (χ1) is 18.0. The third-order valence-electron chi connectivity index (χ3n) is 7.16. The SMILES string of the molecule is Cn1c(Nc2cc(C3CC3)cn(C3CC(O)C3)c2=O)nc2ncc(Oc3cnn4ccncc34)c(Cl)c21. The molecular formula is C25H23ClN8O3. The molecular weight excluding hydrogens is 496 g/mol. The number of fused-ring (bicyclic) bond motifs is 2. The Morgan fingerprint density at radius 1 is 1.19 bits per heavy atom. The van der Waals surface area contributed by atoms with Crippen LogP contribution in [0.3, 0.4) is 0 Å². The van der Waals surface area contributed by atoms with Crippen LogP contribution in [0.15, 0.2) is 48.0 Å². The quantitative estimate of drug-likeness (QED) is 0.346. The van der Waals surface area contributed by atoms with Crippen LogP contribution < -0.4 is 15.6 Å². The highest BCUT2D eigenvalue weighted by Crippen LogP contribution is 2.42. The van der Waals surface area contributed by atoms with Gasteiger partial charge in [-0.05, 0) is 43.2 Å². The molecule has 37 heavy (non-hydrogen) atoms. The summed E-state index contributed by atoms with van der Waals surface area (Å²) in [6, 6.07) is 1.92. The molecule has 5 heterocycles. The Morgan fingerprint density at radius 3 is 2.81 bits per heavy atom. The molecule has 0 aromatic carbocycles. The van der Waals surface area contributed by atoms with E-state index in [1.807, 2.05) is 12.3 Å². The predicted octanol–water partition coefficient (Wildman–Crippen LogP) is 3.94. The van der Waals surface area contributed by atoms with Crippen molar-refractivity contribution in [2.45, 2.75) is 43.7 Å². The maximum atomic E-state index is 13.3. The number of hydrogen-bond acceptors (Lipinski definition) is 8. The number of nitrogens with zero attached hydrogens (tertiary/aromatic N) is 7. The molecule has 2 fully saturated rings. The van der Waals surface area contributed by atoms with E-state index in [-0.39, 0.29) is 17.7 Å². The fourth-order valence-corrected chi connectivity index (χ4v) is 5.14. The second-order valence-corrected chi connectivity index (χ2v) is 10.1. The smallest absolute Gasteiger partial charge is 0.274 e. The Hall–Kier alpha value is -3.96. The number of hydrogen-bond donors (Lipinski definition) is 2. The number of ether oxygens (including phenoxy) is 1. The van der Waals surface area contributed by atoms with Gasteiger partial charge < -0.3 is 24.3 Å². The van der Waals surface area contributed by atoms with Crippen LogP contribution in [-0.2, 0) is 7.05 Å². The zero-order valence-electron chi connectivity index (χ0n) is 19.9. The molecule has 2 N–H and O–H groups in total. The molecule has 2 aliphatic rings. The number of aromatic nitrogens is 7. The maximum absolute atomic E-state index is 13.3. The summed E-state index contributed by atoms with van der Waals surface area (Å²) >= 11 is 6.76. The van der Waals surface area contributed by atoms with Crippen LogP contribution >= 0.6 is 11.6 Å². The molecule has 5 aromatic rings. The predicted molar refractivity (Wildman–Crippen MR) is 137 cm³/mol. The fourth-order valence-electron chi connectivity index (χ4n) is 4.84. The molecule has 7 rings (SSSR count). The summed E-state index contributed by atoms with van der Waals surface area (Å²) < 4.78 is 11.2. The standard InChI is InChI=1S/C25H23ClN8O3/c1-32-22-21(26)20(37-19-11-29-34-5-4-27-9-18(19)34)10-28-23(22)31-25(32)30-17-6-14(13-2-3-13)12-33(24(17)36)15-7-16(35)8-15/h4-6,9-13,15-16,35H,2-3,7-8H2,1H3,(H,28,30,31). The van der Waals surface area contributed by atoms with Gasteiger partial charge in [-0.15, -0.1) is 0 Å². The van der Waals surface area contributed by atoms with Gasteiger partial charge in [0.15, 0.2) is 17.1 Å². The van der Waals surface area contributed by atoms with Crippen LogP contribution in [0.1, 0.15) is 43.2 Å². The van der Waals surface area contributed by atoms with Crippen molar-refractivity contribution in [3.05, 3.63) is 64.2 Å². The van der Waals surface area contributed by atoms with Crippen molar-refractivity contribution < 1.29 is 9.84 Å². The van der Waals surface area contributed by atoms with Gasteiger partial charge in [-0.1, -0.05) is 11.6 Å². The van der Waals surface area contributed by atoms with Gasteiger partial charge in [0.1, 0.15) is 21.7 Å². The van der Waals surface area contributed by atoms with Crippen molar-refractivity contribution in [1.82, 2.24) is 33.7 Å². The summed E-state index contributed by atoms with van der Waals surface area (Å²) in [6.07, 6.45) is 13.1. The third-order valence-corrected chi connectivity index (χ3v) is 7.52. The van der Waals surface area contributed by atoms with E-state index in [0.717, 1.165) is 18.4 Å². The van der Waals surface area contributed by atoms with E-state index < -0.39 is 0 Å². The van der Waals surface area contributed by atoms with E-state index in [9.17, 15) is 9.90 Å². The molecule has 0 spiro atoms. The number of halogens is 1. The van der Waals surface area contributed by atoms with E-state index in [2.05, 4.69) is 25.4 Å². The lowest BCUT2D eigenvalue weighted by molar-refractivity contribution is 0.0471. The van der Waals surface area contributed by atoms with Gasteiger partial charge in [0, 0.05) is 31.7 Å². The van der Waals surface area contributed by atoms with Crippen LogP contribution in [0.4, 0.5) is 11.6 Å². The minimum Gasteiger partial charge on any atom is -0.450 e. The lowest BCUT2D eigenvalue weighted by Crippen LogP contribution is -2.37. The third kappa shape index (κ3) is 3.73. The normalized spacial score (nSPS) is 19.3. The highest BCUT2D eigenvalue weighted by molar-refractivity contribution is 6.36. The maximum Gasteiger partial charge on any atom is 0.274 e. The average Bonchev–Trinajstić information content (AvgIpc) is 3.58. The molecule has 0 unspecified atom stereocenters. The number of aryl methyl sites for hydroxylation is 1. The molecule has 11 nitrogen and oxygen atoms in total. The first-order valence-electron chi connectivity index (χ1n) is 12.1. The van der Waals surface area contributed by atoms with Crippen molar-refractivity contribution in [2.75, 3.05) is 5.32 Å². The molecule has 0 bridgehead atoms. The molecule has 2 aliphatic carbocycles. The van der Waals surface area contributed by atoms with Crippen LogP contribution in [0, 0.1) is 0 Å². The number of pyridine rings is 2.